The first kappa shape index (κ1) is 79.0. The number of urea groups is 1. The topological polar surface area (TPSA) is 395 Å². The van der Waals surface area contributed by atoms with E-state index in [1.807, 2.05) is 63.9 Å². The van der Waals surface area contributed by atoms with Crippen LogP contribution in [0.2, 0.25) is 0 Å². The molecule has 4 saturated carbocycles. The molecule has 3 aromatic carbocycles. The lowest BCUT2D eigenvalue weighted by Crippen LogP contribution is -2.64. The molecule has 109 heavy (non-hydrogen) atoms. The van der Waals surface area contributed by atoms with E-state index in [4.69, 9.17) is 31.0 Å². The number of unbranched alkanes of at least 4 members (excludes halogenated alkanes) is 2. The molecular formula is C78H98N14O15S2. The van der Waals surface area contributed by atoms with Gasteiger partial charge in [0.25, 0.3) is 33.7 Å². The van der Waals surface area contributed by atoms with E-state index in [9.17, 15) is 61.2 Å². The van der Waals surface area contributed by atoms with Crippen LogP contribution in [0.4, 0.5) is 26.2 Å². The van der Waals surface area contributed by atoms with Gasteiger partial charge in [0, 0.05) is 99.4 Å². The number of amides is 9. The summed E-state index contributed by atoms with van der Waals surface area (Å²) in [5.74, 6) is -4.52. The second-order valence-electron chi connectivity index (χ2n) is 31.5. The van der Waals surface area contributed by atoms with Crippen molar-refractivity contribution in [2.75, 3.05) is 73.3 Å². The molecule has 582 valence electrons. The average molecular weight is 1540 g/mol. The number of anilines is 3. The number of carboxylic acids is 1. The van der Waals surface area contributed by atoms with Crippen LogP contribution in [0.1, 0.15) is 161 Å². The molecule has 9 N–H and O–H groups in total. The summed E-state index contributed by atoms with van der Waals surface area (Å²) in [7, 11) is -4.34. The van der Waals surface area contributed by atoms with Gasteiger partial charge in [0.05, 0.1) is 40.1 Å². The number of thiazole rings is 1. The third-order valence-corrected chi connectivity index (χ3v) is 24.0. The molecule has 3 aromatic heterocycles. The lowest BCUT2D eigenvalue weighted by molar-refractivity contribution is -0.249. The van der Waals surface area contributed by atoms with Gasteiger partial charge in [-0.15, -0.1) is 0 Å². The lowest BCUT2D eigenvalue weighted by Gasteiger charge is -2.69. The minimum absolute atomic E-state index is 0.0428. The van der Waals surface area contributed by atoms with Gasteiger partial charge in [-0.05, 0) is 178 Å². The van der Waals surface area contributed by atoms with Crippen LogP contribution in [0.15, 0.2) is 97.2 Å². The second kappa shape index (κ2) is 33.0. The number of hydrogen-bond donors (Lipinski definition) is 7. The first-order valence-electron chi connectivity index (χ1n) is 37.5. The Morgan fingerprint density at radius 2 is 1.54 bits per heavy atom. The number of carbonyl (C=O) groups is 9. The van der Waals surface area contributed by atoms with Crippen LogP contribution in [0.5, 0.6) is 0 Å². The Kier molecular flexibility index (Phi) is 23.9. The van der Waals surface area contributed by atoms with Gasteiger partial charge in [-0.25, -0.2) is 29.3 Å². The maximum Gasteiger partial charge on any atom is 0.410 e. The smallest absolute Gasteiger partial charge is 0.410 e. The van der Waals surface area contributed by atoms with Crippen LogP contribution in [0.3, 0.4) is 0 Å². The normalized spacial score (nSPS) is 21.6. The summed E-state index contributed by atoms with van der Waals surface area (Å²) in [6, 6.07) is 19.5. The number of aromatic carboxylic acids is 1. The third-order valence-electron chi connectivity index (χ3n) is 22.4. The van der Waals surface area contributed by atoms with Crippen LogP contribution in [-0.2, 0) is 69.7 Å². The maximum atomic E-state index is 14.2. The van der Waals surface area contributed by atoms with Gasteiger partial charge in [0.1, 0.15) is 24.5 Å². The van der Waals surface area contributed by atoms with Crippen LogP contribution in [0, 0.1) is 29.1 Å². The molecule has 4 bridgehead atoms. The largest absolute Gasteiger partial charge is 0.476 e. The van der Waals surface area contributed by atoms with Gasteiger partial charge >= 0.3 is 18.1 Å². The highest BCUT2D eigenvalue weighted by molar-refractivity contribution is 7.85. The number of carbonyl (C=O) groups excluding carboxylic acids is 8. The predicted octanol–water partition coefficient (Wildman–Crippen LogP) is 8.76. The Labute approximate surface area is 637 Å². The molecule has 4 aliphatic carbocycles. The summed E-state index contributed by atoms with van der Waals surface area (Å²) in [5.41, 5.74) is 16.5. The molecule has 13 rings (SSSR count). The van der Waals surface area contributed by atoms with Gasteiger partial charge in [-0.3, -0.25) is 53.1 Å². The molecule has 7 aliphatic rings. The molecule has 0 radical (unpaired) electrons. The number of benzene rings is 3. The molecule has 9 amide bonds. The fraction of sp³-hybridized carbons (Fsp3) is 0.513. The zero-order chi connectivity index (χ0) is 77.7. The van der Waals surface area contributed by atoms with E-state index in [2.05, 4.69) is 34.8 Å². The Hall–Kier alpha value is -9.53. The number of pyridine rings is 1. The van der Waals surface area contributed by atoms with Crippen molar-refractivity contribution < 1.29 is 70.7 Å². The third kappa shape index (κ3) is 18.5. The first-order valence-corrected chi connectivity index (χ1v) is 39.9. The number of ether oxygens (including phenoxy) is 2. The highest BCUT2D eigenvalue weighted by Gasteiger charge is 2.66. The second-order valence-corrected chi connectivity index (χ2v) is 34.1. The lowest BCUT2D eigenvalue weighted by atomic mass is 9.39. The van der Waals surface area contributed by atoms with Crippen LogP contribution in [-0.4, -0.2) is 188 Å². The number of hydrogen-bond acceptors (Lipinski definition) is 20. The Morgan fingerprint density at radius 1 is 0.817 bits per heavy atom. The van der Waals surface area contributed by atoms with E-state index in [1.165, 1.54) is 35.6 Å². The van der Waals surface area contributed by atoms with Crippen molar-refractivity contribution in [1.82, 2.24) is 45.1 Å². The van der Waals surface area contributed by atoms with Crippen molar-refractivity contribution in [2.45, 2.75) is 174 Å². The quantitative estimate of drug-likeness (QED) is 0.0118. The van der Waals surface area contributed by atoms with Gasteiger partial charge in [0.2, 0.25) is 11.8 Å². The molecule has 29 nitrogen and oxygen atoms in total. The van der Waals surface area contributed by atoms with E-state index < -0.39 is 75.3 Å². The summed E-state index contributed by atoms with van der Waals surface area (Å²) < 4.78 is 50.5. The molecule has 0 spiro atoms. The number of fused-ring (bicyclic) bond motifs is 2. The summed E-state index contributed by atoms with van der Waals surface area (Å²) in [4.78, 5) is 135. The van der Waals surface area contributed by atoms with Gasteiger partial charge < -0.3 is 46.5 Å². The van der Waals surface area contributed by atoms with Crippen LogP contribution < -0.4 is 37.2 Å². The Bertz CT molecular complexity index is 4540. The monoisotopic (exact) mass is 1530 g/mol. The van der Waals surface area contributed by atoms with Crippen LogP contribution in [0.25, 0.3) is 21.3 Å². The van der Waals surface area contributed by atoms with Crippen molar-refractivity contribution in [3.8, 4) is 11.1 Å². The van der Waals surface area contributed by atoms with E-state index in [1.54, 1.807) is 49.2 Å². The highest BCUT2D eigenvalue weighted by Crippen LogP contribution is 2.72. The minimum Gasteiger partial charge on any atom is -0.476 e. The Morgan fingerprint density at radius 3 is 2.22 bits per heavy atom. The van der Waals surface area contributed by atoms with Gasteiger partial charge in [-0.2, -0.15) is 13.5 Å². The number of imide groups is 2. The fourth-order valence-electron chi connectivity index (χ4n) is 18.4. The highest BCUT2D eigenvalue weighted by atomic mass is 32.2. The first-order chi connectivity index (χ1) is 51.9. The van der Waals surface area contributed by atoms with E-state index in [0.29, 0.717) is 118 Å². The predicted molar refractivity (Wildman–Crippen MR) is 409 cm³/mol. The summed E-state index contributed by atoms with van der Waals surface area (Å²) in [6.07, 6.45) is 12.5. The fourth-order valence-corrected chi connectivity index (χ4v) is 19.8. The maximum absolute atomic E-state index is 14.2. The number of nitrogens with one attached hydrogen (secondary N) is 3. The van der Waals surface area contributed by atoms with Crippen LogP contribution >= 0.6 is 11.3 Å². The number of nitrogens with two attached hydrogens (primary N) is 2. The van der Waals surface area contributed by atoms with Crippen molar-refractivity contribution in [2.24, 2.45) is 33.6 Å². The zero-order valence-corrected chi connectivity index (χ0v) is 64.0. The molecule has 4 atom stereocenters. The van der Waals surface area contributed by atoms with Crippen molar-refractivity contribution >= 4 is 102 Å². The standard InChI is InChI=1S/C78H98N14O15S2/c1-49(2)66(85-63(93)18-7-6-10-31-90-64(94)25-26-65(90)95)69(97)82-60(16-12-30-79)70(98)92(72(80)101)54-21-19-51(20-22-54)41-106-74(102)88-33-28-53(29-34-88)87(36-38-109(103,104)105)35-37-107-78-45-75(4)42-76(5,46-78)44-77(43-75,47-78)48-91-50(3)57(39-81-91)55-23-24-62(84-67(55)71(99)100)89-32-27-52-13-11-14-56(58(52)40-89)68(96)86-73-83-59-15-8-9-17-61(59)108-73/h8-9,11,13-15,17,19-26,39,49,53,60,66H,6-7,10,12,16,18,27-38,40-48,79H2,1-5H3,(H2,80,101)(H,82,97)(H,85,93)(H,99,100)(H,83,86,96)(H,103,104,105)/t60-,66-,75?,76?,77?,78?/m0/s1. The summed E-state index contributed by atoms with van der Waals surface area (Å²) >= 11 is 1.41. The van der Waals surface area contributed by atoms with E-state index >= 15 is 0 Å². The van der Waals surface area contributed by atoms with Crippen molar-refractivity contribution in [1.29, 1.82) is 0 Å². The van der Waals surface area contributed by atoms with Crippen molar-refractivity contribution in [3.05, 3.63) is 131 Å². The minimum atomic E-state index is -4.34. The number of aromatic nitrogens is 4. The number of piperidine rings is 1. The molecule has 2 unspecified atom stereocenters. The number of para-hydroxylation sites is 1. The van der Waals surface area contributed by atoms with E-state index in [-0.39, 0.29) is 96.9 Å². The molecule has 6 heterocycles. The van der Waals surface area contributed by atoms with Crippen molar-refractivity contribution in [3.63, 3.8) is 0 Å². The number of rotatable bonds is 32. The molecule has 5 fully saturated rings. The Balaban J connectivity index is 0.636. The summed E-state index contributed by atoms with van der Waals surface area (Å²) in [6.45, 7) is 13.2. The number of nitrogens with zero attached hydrogens (tertiary/aromatic N) is 9. The van der Waals surface area contributed by atoms with Gasteiger partial charge in [0.15, 0.2) is 10.8 Å². The molecule has 1 saturated heterocycles. The van der Waals surface area contributed by atoms with E-state index in [0.717, 1.165) is 75.4 Å². The molecule has 6 aromatic rings. The number of likely N-dealkylation sites (tertiary alicyclic amines) is 1. The molecule has 3 aliphatic heterocycles. The SMILES string of the molecule is Cc1c(-c2ccc(N3CCc4cccc(C(=O)Nc5nc6ccccc6s5)c4C3)nc2C(=O)O)cnn1CC12CC3(C)CC(C)(C1)CC(OCCN(CCS(=O)(=O)O)C1CCN(C(=O)OCc4ccc(N(C(N)=O)C(=O)[C@H](CCCN)NC(=O)[C@@H](NC(=O)CCCCCN5C(=O)C=CC5=O)C(C)C)cc4)CC1)(C3)C2. The summed E-state index contributed by atoms with van der Waals surface area (Å²) in [5, 5.41) is 24.7. The number of primary amides is 1. The average Bonchev–Trinajstić information content (AvgIpc) is 0.759. The zero-order valence-electron chi connectivity index (χ0n) is 62.3. The number of carboxylic acid groups (broad SMARTS) is 1. The molecular weight excluding hydrogens is 1440 g/mol. The molecule has 31 heteroatoms. The van der Waals surface area contributed by atoms with Gasteiger partial charge in [-0.1, -0.05) is 81.9 Å².